The fraction of sp³-hybridized carbons (Fsp3) is 0.375. The number of likely N-dealkylation sites (N-methyl/N-ethyl adjacent to an activating group) is 1. The third-order valence-corrected chi connectivity index (χ3v) is 4.10. The average Bonchev–Trinajstić information content (AvgIpc) is 2.57. The number of nitrogens with zero attached hydrogens (tertiary/aromatic N) is 1. The summed E-state index contributed by atoms with van der Waals surface area (Å²) in [6.45, 7) is -0.321. The van der Waals surface area contributed by atoms with Gasteiger partial charge in [0, 0.05) is 23.5 Å². The summed E-state index contributed by atoms with van der Waals surface area (Å²) in [5, 5.41) is 18.3. The maximum Gasteiger partial charge on any atom is 0.253 e. The van der Waals surface area contributed by atoms with Crippen LogP contribution in [0.1, 0.15) is 23.2 Å². The highest BCUT2D eigenvalue weighted by Gasteiger charge is 2.27. The average molecular weight is 383 g/mol. The van der Waals surface area contributed by atoms with Crippen molar-refractivity contribution < 1.29 is 19.9 Å². The third kappa shape index (κ3) is 5.36. The molecule has 0 fully saturated rings. The van der Waals surface area contributed by atoms with Gasteiger partial charge in [-0.05, 0) is 30.7 Å². The molecule has 0 aliphatic carbocycles. The summed E-state index contributed by atoms with van der Waals surface area (Å²) in [6.07, 6.45) is 5.47. The van der Waals surface area contributed by atoms with E-state index in [1.165, 1.54) is 4.90 Å². The number of aliphatic hydroxyl groups excluding tert-OH is 1. The van der Waals surface area contributed by atoms with Crippen molar-refractivity contribution in [3.8, 4) is 12.3 Å². The number of rotatable bonds is 7. The Hall–Kier alpha value is -1.88. The smallest absolute Gasteiger partial charge is 0.253 e. The predicted octanol–water partition coefficient (Wildman–Crippen LogP) is 1.42. The van der Waals surface area contributed by atoms with Crippen LogP contribution in [0.5, 0.6) is 0 Å². The van der Waals surface area contributed by atoms with E-state index < -0.39 is 17.9 Å². The van der Waals surface area contributed by atoms with E-state index in [1.54, 1.807) is 36.8 Å². The Morgan fingerprint density at radius 3 is 2.48 bits per heavy atom. The van der Waals surface area contributed by atoms with Crippen LogP contribution in [-0.4, -0.2) is 46.7 Å². The van der Waals surface area contributed by atoms with Gasteiger partial charge in [0.1, 0.15) is 0 Å². The van der Waals surface area contributed by atoms with Crippen molar-refractivity contribution in [3.63, 3.8) is 0 Å². The summed E-state index contributed by atoms with van der Waals surface area (Å²) < 4.78 is 0.851. The number of hydroxylamine groups is 1. The molecule has 0 saturated heterocycles. The number of hydrogen-bond acceptors (Lipinski definition) is 4. The molecule has 1 aromatic rings. The normalized spacial score (nSPS) is 12.8. The van der Waals surface area contributed by atoms with Gasteiger partial charge in [-0.2, -0.15) is 0 Å². The molecule has 0 bridgehead atoms. The van der Waals surface area contributed by atoms with Gasteiger partial charge in [0.2, 0.25) is 5.91 Å². The minimum absolute atomic E-state index is 0.100. The number of benzene rings is 1. The molecule has 124 valence electrons. The molecule has 2 amide bonds. The number of nitrogens with one attached hydrogen (secondary N) is 1. The molecular formula is C16H19BrN2O4. The molecule has 0 spiro atoms. The fourth-order valence-electron chi connectivity index (χ4n) is 2.16. The molecule has 0 saturated carbocycles. The standard InChI is InChI=1S/C16H19BrN2O4/c1-3-4-12(15(21)18-23)9-14(10-20)19(2)16(22)11-5-7-13(17)8-6-11/h1,5-8,12,14,20,23H,4,9-10H2,2H3,(H,18,21). The molecule has 2 atom stereocenters. The van der Waals surface area contributed by atoms with Crippen LogP contribution in [-0.2, 0) is 4.79 Å². The molecule has 1 aromatic carbocycles. The summed E-state index contributed by atoms with van der Waals surface area (Å²) >= 11 is 3.30. The number of aliphatic hydroxyl groups is 1. The van der Waals surface area contributed by atoms with Crippen molar-refractivity contribution in [2.45, 2.75) is 18.9 Å². The van der Waals surface area contributed by atoms with Crippen LogP contribution < -0.4 is 5.48 Å². The predicted molar refractivity (Wildman–Crippen MR) is 88.6 cm³/mol. The van der Waals surface area contributed by atoms with E-state index in [9.17, 15) is 14.7 Å². The van der Waals surface area contributed by atoms with Gasteiger partial charge in [0.05, 0.1) is 18.6 Å². The Morgan fingerprint density at radius 1 is 1.39 bits per heavy atom. The van der Waals surface area contributed by atoms with Crippen LogP contribution in [0, 0.1) is 18.3 Å². The van der Waals surface area contributed by atoms with Crippen LogP contribution in [0.3, 0.4) is 0 Å². The lowest BCUT2D eigenvalue weighted by Gasteiger charge is -2.29. The lowest BCUT2D eigenvalue weighted by Crippen LogP contribution is -2.42. The second kappa shape index (κ2) is 9.30. The van der Waals surface area contributed by atoms with Crippen molar-refractivity contribution in [2.75, 3.05) is 13.7 Å². The molecule has 1 rings (SSSR count). The van der Waals surface area contributed by atoms with E-state index in [0.717, 1.165) is 4.47 Å². The van der Waals surface area contributed by atoms with Crippen LogP contribution in [0.25, 0.3) is 0 Å². The lowest BCUT2D eigenvalue weighted by atomic mass is 9.95. The Morgan fingerprint density at radius 2 is 2.00 bits per heavy atom. The number of amides is 2. The second-order valence-electron chi connectivity index (χ2n) is 5.08. The van der Waals surface area contributed by atoms with Crippen molar-refractivity contribution in [3.05, 3.63) is 34.3 Å². The van der Waals surface area contributed by atoms with E-state index in [1.807, 2.05) is 0 Å². The zero-order chi connectivity index (χ0) is 17.4. The summed E-state index contributed by atoms with van der Waals surface area (Å²) in [7, 11) is 1.55. The van der Waals surface area contributed by atoms with Gasteiger partial charge in [-0.3, -0.25) is 14.8 Å². The first-order valence-electron chi connectivity index (χ1n) is 6.95. The maximum atomic E-state index is 12.4. The number of carbonyl (C=O) groups excluding carboxylic acids is 2. The number of terminal acetylenes is 1. The van der Waals surface area contributed by atoms with Gasteiger partial charge in [-0.1, -0.05) is 15.9 Å². The van der Waals surface area contributed by atoms with Crippen molar-refractivity contribution >= 4 is 27.7 Å². The quantitative estimate of drug-likeness (QED) is 0.377. The van der Waals surface area contributed by atoms with Gasteiger partial charge in [-0.25, -0.2) is 5.48 Å². The number of halogens is 1. The zero-order valence-electron chi connectivity index (χ0n) is 12.7. The highest BCUT2D eigenvalue weighted by atomic mass is 79.9. The van der Waals surface area contributed by atoms with E-state index in [4.69, 9.17) is 11.6 Å². The molecule has 6 nitrogen and oxygen atoms in total. The first kappa shape index (κ1) is 19.2. The summed E-state index contributed by atoms with van der Waals surface area (Å²) in [5.74, 6) is 0.753. The molecule has 0 radical (unpaired) electrons. The van der Waals surface area contributed by atoms with Crippen molar-refractivity contribution in [1.29, 1.82) is 0 Å². The summed E-state index contributed by atoms with van der Waals surface area (Å²) in [4.78, 5) is 25.4. The Bertz CT molecular complexity index is 583. The van der Waals surface area contributed by atoms with Gasteiger partial charge in [0.15, 0.2) is 0 Å². The number of hydrogen-bond donors (Lipinski definition) is 3. The third-order valence-electron chi connectivity index (χ3n) is 3.57. The molecule has 2 unspecified atom stereocenters. The maximum absolute atomic E-state index is 12.4. The Balaban J connectivity index is 2.86. The van der Waals surface area contributed by atoms with E-state index in [0.29, 0.717) is 5.56 Å². The van der Waals surface area contributed by atoms with E-state index in [-0.39, 0.29) is 25.4 Å². The van der Waals surface area contributed by atoms with Crippen molar-refractivity contribution in [1.82, 2.24) is 10.4 Å². The van der Waals surface area contributed by atoms with E-state index in [2.05, 4.69) is 21.9 Å². The molecule has 0 aliphatic heterocycles. The van der Waals surface area contributed by atoms with E-state index >= 15 is 0 Å². The molecule has 0 aromatic heterocycles. The minimum Gasteiger partial charge on any atom is -0.394 e. The zero-order valence-corrected chi connectivity index (χ0v) is 14.3. The van der Waals surface area contributed by atoms with Gasteiger partial charge in [-0.15, -0.1) is 12.3 Å². The first-order valence-corrected chi connectivity index (χ1v) is 7.74. The largest absolute Gasteiger partial charge is 0.394 e. The van der Waals surface area contributed by atoms with Crippen molar-refractivity contribution in [2.24, 2.45) is 5.92 Å². The van der Waals surface area contributed by atoms with Gasteiger partial charge < -0.3 is 10.0 Å². The highest BCUT2D eigenvalue weighted by molar-refractivity contribution is 9.10. The molecule has 0 heterocycles. The molecular weight excluding hydrogens is 364 g/mol. The monoisotopic (exact) mass is 382 g/mol. The van der Waals surface area contributed by atoms with Crippen LogP contribution >= 0.6 is 15.9 Å². The Kier molecular flexibility index (Phi) is 7.75. The minimum atomic E-state index is -0.692. The lowest BCUT2D eigenvalue weighted by molar-refractivity contribution is -0.134. The Labute approximate surface area is 143 Å². The van der Waals surface area contributed by atoms with Gasteiger partial charge >= 0.3 is 0 Å². The molecule has 3 N–H and O–H groups in total. The van der Waals surface area contributed by atoms with Crippen LogP contribution in [0.4, 0.5) is 0 Å². The topological polar surface area (TPSA) is 89.9 Å². The molecule has 0 aliphatic rings. The summed E-state index contributed by atoms with van der Waals surface area (Å²) in [6, 6.07) is 6.22. The van der Waals surface area contributed by atoms with Gasteiger partial charge in [0.25, 0.3) is 5.91 Å². The highest BCUT2D eigenvalue weighted by Crippen LogP contribution is 2.18. The molecule has 23 heavy (non-hydrogen) atoms. The number of carbonyl (C=O) groups is 2. The van der Waals surface area contributed by atoms with Crippen LogP contribution in [0.2, 0.25) is 0 Å². The fourth-order valence-corrected chi connectivity index (χ4v) is 2.43. The first-order chi connectivity index (χ1) is 10.9. The molecule has 7 heteroatoms. The van der Waals surface area contributed by atoms with Crippen LogP contribution in [0.15, 0.2) is 28.7 Å². The SMILES string of the molecule is C#CCC(CC(CO)N(C)C(=O)c1ccc(Br)cc1)C(=O)NO. The second-order valence-corrected chi connectivity index (χ2v) is 5.99. The summed E-state index contributed by atoms with van der Waals surface area (Å²) in [5.41, 5.74) is 2.03.